The van der Waals surface area contributed by atoms with Gasteiger partial charge in [0.05, 0.1) is 18.4 Å². The molecule has 0 bridgehead atoms. The Bertz CT molecular complexity index is 1420. The van der Waals surface area contributed by atoms with Crippen molar-refractivity contribution in [1.29, 1.82) is 0 Å². The number of benzene rings is 3. The predicted molar refractivity (Wildman–Crippen MR) is 135 cm³/mol. The van der Waals surface area contributed by atoms with E-state index in [2.05, 4.69) is 46.7 Å². The molecule has 0 atom stereocenters. The molecule has 5 aromatic rings. The van der Waals surface area contributed by atoms with Crippen molar-refractivity contribution < 1.29 is 9.53 Å². The molecule has 0 radical (unpaired) electrons. The highest BCUT2D eigenvalue weighted by atomic mass is 16.5. The third-order valence-corrected chi connectivity index (χ3v) is 5.68. The minimum atomic E-state index is -0.300. The molecule has 5 rings (SSSR count). The number of aryl methyl sites for hydroxylation is 1. The first-order valence-electron chi connectivity index (χ1n) is 11.3. The molecule has 35 heavy (non-hydrogen) atoms. The van der Waals surface area contributed by atoms with E-state index in [4.69, 9.17) is 4.74 Å². The lowest BCUT2D eigenvalue weighted by atomic mass is 10.1. The predicted octanol–water partition coefficient (Wildman–Crippen LogP) is 5.39. The molecule has 7 nitrogen and oxygen atoms in total. The van der Waals surface area contributed by atoms with Gasteiger partial charge in [-0.25, -0.2) is 4.68 Å². The molecule has 0 fully saturated rings. The summed E-state index contributed by atoms with van der Waals surface area (Å²) in [5.74, 6) is 0.429. The van der Waals surface area contributed by atoms with Gasteiger partial charge >= 0.3 is 0 Å². The number of rotatable bonds is 8. The number of aromatic nitrogens is 4. The molecule has 0 spiro atoms. The van der Waals surface area contributed by atoms with E-state index in [1.54, 1.807) is 27.8 Å². The Morgan fingerprint density at radius 2 is 1.63 bits per heavy atom. The van der Waals surface area contributed by atoms with Gasteiger partial charge in [0.25, 0.3) is 5.91 Å². The van der Waals surface area contributed by atoms with Crippen LogP contribution < -0.4 is 10.1 Å². The molecule has 0 aliphatic rings. The Balaban J connectivity index is 1.15. The second-order valence-electron chi connectivity index (χ2n) is 8.21. The van der Waals surface area contributed by atoms with E-state index in [9.17, 15) is 4.79 Å². The number of anilines is 1. The number of ether oxygens (including phenoxy) is 1. The average Bonchev–Trinajstić information content (AvgIpc) is 3.55. The van der Waals surface area contributed by atoms with Gasteiger partial charge in [-0.15, -0.1) is 0 Å². The summed E-state index contributed by atoms with van der Waals surface area (Å²) in [6, 6.07) is 27.9. The highest BCUT2D eigenvalue weighted by Gasteiger charge is 2.12. The molecule has 0 saturated heterocycles. The van der Waals surface area contributed by atoms with Crippen molar-refractivity contribution in [2.45, 2.75) is 20.2 Å². The third-order valence-electron chi connectivity index (χ3n) is 5.68. The fourth-order valence-corrected chi connectivity index (χ4v) is 3.74. The van der Waals surface area contributed by atoms with E-state index in [1.807, 2.05) is 60.8 Å². The quantitative estimate of drug-likeness (QED) is 0.335. The van der Waals surface area contributed by atoms with Crippen LogP contribution in [0.15, 0.2) is 104 Å². The molecule has 174 valence electrons. The van der Waals surface area contributed by atoms with Crippen LogP contribution in [-0.2, 0) is 13.3 Å². The number of hydrogen-bond donors (Lipinski definition) is 1. The van der Waals surface area contributed by atoms with Crippen molar-refractivity contribution in [3.8, 4) is 16.9 Å². The van der Waals surface area contributed by atoms with E-state index in [1.165, 1.54) is 11.1 Å². The lowest BCUT2D eigenvalue weighted by Crippen LogP contribution is -2.14. The molecule has 0 aliphatic heterocycles. The van der Waals surface area contributed by atoms with Gasteiger partial charge in [0.1, 0.15) is 5.75 Å². The maximum absolute atomic E-state index is 12.6. The second kappa shape index (κ2) is 10.1. The van der Waals surface area contributed by atoms with Crippen molar-refractivity contribution in [2.75, 3.05) is 5.32 Å². The number of carbonyl (C=O) groups is 1. The summed E-state index contributed by atoms with van der Waals surface area (Å²) in [5, 5.41) is 11.5. The lowest BCUT2D eigenvalue weighted by Gasteiger charge is -2.07. The van der Waals surface area contributed by atoms with Crippen LogP contribution in [0.3, 0.4) is 0 Å². The summed E-state index contributed by atoms with van der Waals surface area (Å²) >= 11 is 0. The van der Waals surface area contributed by atoms with Crippen LogP contribution in [0.1, 0.15) is 21.6 Å². The monoisotopic (exact) mass is 463 g/mol. The largest absolute Gasteiger partial charge is 0.471 e. The first-order chi connectivity index (χ1) is 17.1. The van der Waals surface area contributed by atoms with Gasteiger partial charge < -0.3 is 10.1 Å². The van der Waals surface area contributed by atoms with Gasteiger partial charge in [-0.1, -0.05) is 66.7 Å². The van der Waals surface area contributed by atoms with E-state index >= 15 is 0 Å². The summed E-state index contributed by atoms with van der Waals surface area (Å²) < 4.78 is 9.20. The number of hydrogen-bond acceptors (Lipinski definition) is 4. The number of nitrogens with one attached hydrogen (secondary N) is 1. The van der Waals surface area contributed by atoms with Crippen LogP contribution in [0.2, 0.25) is 0 Å². The minimum Gasteiger partial charge on any atom is -0.471 e. The van der Waals surface area contributed by atoms with Crippen molar-refractivity contribution >= 4 is 11.6 Å². The summed E-state index contributed by atoms with van der Waals surface area (Å²) in [6.45, 7) is 2.91. The Kier molecular flexibility index (Phi) is 6.39. The minimum absolute atomic E-state index is 0.201. The van der Waals surface area contributed by atoms with Gasteiger partial charge in [-0.05, 0) is 47.4 Å². The molecule has 2 heterocycles. The first-order valence-corrected chi connectivity index (χ1v) is 11.3. The summed E-state index contributed by atoms with van der Waals surface area (Å²) in [7, 11) is 0. The van der Waals surface area contributed by atoms with Crippen LogP contribution in [0.5, 0.6) is 5.75 Å². The van der Waals surface area contributed by atoms with Crippen LogP contribution in [0.4, 0.5) is 5.69 Å². The fraction of sp³-hybridized carbons (Fsp3) is 0.107. The number of carbonyl (C=O) groups excluding carboxylic acids is 1. The van der Waals surface area contributed by atoms with E-state index in [0.717, 1.165) is 16.9 Å². The van der Waals surface area contributed by atoms with Gasteiger partial charge in [0.2, 0.25) is 0 Å². The van der Waals surface area contributed by atoms with Gasteiger partial charge in [0.15, 0.2) is 12.4 Å². The van der Waals surface area contributed by atoms with Gasteiger partial charge in [0, 0.05) is 12.4 Å². The van der Waals surface area contributed by atoms with E-state index in [0.29, 0.717) is 17.9 Å². The smallest absolute Gasteiger partial charge is 0.276 e. The molecule has 1 N–H and O–H groups in total. The molecule has 2 aromatic heterocycles. The Hall–Kier alpha value is -4.65. The highest BCUT2D eigenvalue weighted by Crippen LogP contribution is 2.22. The van der Waals surface area contributed by atoms with Crippen LogP contribution in [-0.4, -0.2) is 25.5 Å². The van der Waals surface area contributed by atoms with E-state index in [-0.39, 0.29) is 12.6 Å². The van der Waals surface area contributed by atoms with Crippen LogP contribution in [0, 0.1) is 6.92 Å². The Morgan fingerprint density at radius 3 is 2.43 bits per heavy atom. The van der Waals surface area contributed by atoms with Gasteiger partial charge in [-0.2, -0.15) is 10.2 Å². The molecular formula is C28H25N5O2. The SMILES string of the molecule is Cc1ccccc1Cn1cc(NC(=O)c2ccn(COc3ccc(-c4ccccc4)cc3)n2)cn1. The Labute approximate surface area is 203 Å². The van der Waals surface area contributed by atoms with Crippen LogP contribution >= 0.6 is 0 Å². The number of amides is 1. The molecule has 0 saturated carbocycles. The van der Waals surface area contributed by atoms with Crippen molar-refractivity contribution in [3.63, 3.8) is 0 Å². The van der Waals surface area contributed by atoms with E-state index < -0.39 is 0 Å². The summed E-state index contributed by atoms with van der Waals surface area (Å²) in [6.07, 6.45) is 5.16. The molecular weight excluding hydrogens is 438 g/mol. The molecule has 0 aliphatic carbocycles. The molecule has 7 heteroatoms. The molecule has 0 unspecified atom stereocenters. The molecule has 3 aromatic carbocycles. The maximum Gasteiger partial charge on any atom is 0.276 e. The van der Waals surface area contributed by atoms with Crippen molar-refractivity contribution in [2.24, 2.45) is 0 Å². The Morgan fingerprint density at radius 1 is 0.886 bits per heavy atom. The topological polar surface area (TPSA) is 74.0 Å². The molecule has 1 amide bonds. The first kappa shape index (κ1) is 22.2. The fourth-order valence-electron chi connectivity index (χ4n) is 3.74. The highest BCUT2D eigenvalue weighted by molar-refractivity contribution is 6.02. The average molecular weight is 464 g/mol. The summed E-state index contributed by atoms with van der Waals surface area (Å²) in [4.78, 5) is 12.6. The van der Waals surface area contributed by atoms with Crippen molar-refractivity contribution in [1.82, 2.24) is 19.6 Å². The maximum atomic E-state index is 12.6. The lowest BCUT2D eigenvalue weighted by molar-refractivity contribution is 0.102. The second-order valence-corrected chi connectivity index (χ2v) is 8.21. The zero-order valence-electron chi connectivity index (χ0n) is 19.3. The standard InChI is InChI=1S/C28H25N5O2/c1-21-7-5-6-10-24(21)18-33-19-25(17-29-33)30-28(34)27-15-16-32(31-27)20-35-26-13-11-23(12-14-26)22-8-3-2-4-9-22/h2-17,19H,18,20H2,1H3,(H,30,34). The van der Waals surface area contributed by atoms with Crippen molar-refractivity contribution in [3.05, 3.63) is 120 Å². The van der Waals surface area contributed by atoms with Gasteiger partial charge in [-0.3, -0.25) is 9.48 Å². The zero-order valence-corrected chi connectivity index (χ0v) is 19.3. The summed E-state index contributed by atoms with van der Waals surface area (Å²) in [5.41, 5.74) is 5.59. The third kappa shape index (κ3) is 5.47. The van der Waals surface area contributed by atoms with Crippen LogP contribution in [0.25, 0.3) is 11.1 Å². The normalized spacial score (nSPS) is 10.8. The number of nitrogens with zero attached hydrogens (tertiary/aromatic N) is 4. The zero-order chi connectivity index (χ0) is 24.0.